The molecule has 19 heavy (non-hydrogen) atoms. The highest BCUT2D eigenvalue weighted by molar-refractivity contribution is 9.10. The van der Waals surface area contributed by atoms with Gasteiger partial charge in [-0.15, -0.1) is 0 Å². The molecule has 5 heteroatoms. The van der Waals surface area contributed by atoms with Crippen molar-refractivity contribution in [3.63, 3.8) is 0 Å². The van der Waals surface area contributed by atoms with Crippen LogP contribution in [0, 0.1) is 0 Å². The number of ether oxygens (including phenoxy) is 1. The molecule has 0 aliphatic carbocycles. The van der Waals surface area contributed by atoms with Crippen LogP contribution in [0.3, 0.4) is 0 Å². The lowest BCUT2D eigenvalue weighted by Crippen LogP contribution is -2.10. The van der Waals surface area contributed by atoms with Gasteiger partial charge < -0.3 is 10.1 Å². The van der Waals surface area contributed by atoms with E-state index in [0.29, 0.717) is 12.4 Å². The van der Waals surface area contributed by atoms with E-state index < -0.39 is 0 Å². The third-order valence-electron chi connectivity index (χ3n) is 2.44. The fourth-order valence-electron chi connectivity index (χ4n) is 1.60. The summed E-state index contributed by atoms with van der Waals surface area (Å²) in [6.07, 6.45) is 5.36. The second-order valence-electron chi connectivity index (χ2n) is 4.34. The van der Waals surface area contributed by atoms with Crippen LogP contribution in [-0.2, 0) is 6.54 Å². The fourth-order valence-corrected chi connectivity index (χ4v) is 1.99. The van der Waals surface area contributed by atoms with Crippen molar-refractivity contribution < 1.29 is 4.74 Å². The highest BCUT2D eigenvalue weighted by Gasteiger charge is 2.07. The summed E-state index contributed by atoms with van der Waals surface area (Å²) in [7, 11) is 0. The Bertz CT molecular complexity index is 546. The van der Waals surface area contributed by atoms with Crippen LogP contribution in [0.25, 0.3) is 0 Å². The van der Waals surface area contributed by atoms with Crippen LogP contribution in [0.4, 0.5) is 5.69 Å². The van der Waals surface area contributed by atoms with Gasteiger partial charge in [-0.05, 0) is 41.9 Å². The molecule has 0 amide bonds. The van der Waals surface area contributed by atoms with Crippen LogP contribution in [-0.4, -0.2) is 16.1 Å². The lowest BCUT2D eigenvalue weighted by atomic mass is 10.2. The molecule has 100 valence electrons. The van der Waals surface area contributed by atoms with Gasteiger partial charge in [-0.3, -0.25) is 4.98 Å². The number of nitrogens with zero attached hydrogens (tertiary/aromatic N) is 2. The van der Waals surface area contributed by atoms with E-state index in [1.807, 2.05) is 32.0 Å². The van der Waals surface area contributed by atoms with Crippen molar-refractivity contribution in [2.75, 3.05) is 5.32 Å². The lowest BCUT2D eigenvalue weighted by Gasteiger charge is -2.14. The summed E-state index contributed by atoms with van der Waals surface area (Å²) in [5, 5.41) is 3.34. The molecule has 0 fully saturated rings. The molecule has 2 aromatic heterocycles. The molecule has 0 aliphatic heterocycles. The largest absolute Gasteiger partial charge is 0.475 e. The van der Waals surface area contributed by atoms with E-state index in [4.69, 9.17) is 4.74 Å². The molecule has 4 nitrogen and oxygen atoms in total. The Morgan fingerprint density at radius 3 is 2.89 bits per heavy atom. The molecule has 1 N–H and O–H groups in total. The molecule has 2 rings (SSSR count). The first kappa shape index (κ1) is 13.8. The van der Waals surface area contributed by atoms with Crippen LogP contribution in [0.5, 0.6) is 5.88 Å². The average Bonchev–Trinajstić information content (AvgIpc) is 2.39. The summed E-state index contributed by atoms with van der Waals surface area (Å²) in [5.41, 5.74) is 2.02. The van der Waals surface area contributed by atoms with Gasteiger partial charge in [0.2, 0.25) is 5.88 Å². The number of hydrogen-bond donors (Lipinski definition) is 1. The minimum atomic E-state index is 0.112. The van der Waals surface area contributed by atoms with E-state index in [-0.39, 0.29) is 6.10 Å². The first-order valence-electron chi connectivity index (χ1n) is 6.10. The molecule has 0 saturated carbocycles. The van der Waals surface area contributed by atoms with Crippen molar-refractivity contribution in [1.82, 2.24) is 9.97 Å². The van der Waals surface area contributed by atoms with Gasteiger partial charge in [0.1, 0.15) is 0 Å². The zero-order chi connectivity index (χ0) is 13.7. The van der Waals surface area contributed by atoms with Gasteiger partial charge in [-0.2, -0.15) is 0 Å². The van der Waals surface area contributed by atoms with E-state index in [2.05, 4.69) is 31.2 Å². The molecule has 2 aromatic rings. The molecule has 2 heterocycles. The van der Waals surface area contributed by atoms with E-state index in [0.717, 1.165) is 15.7 Å². The topological polar surface area (TPSA) is 47.0 Å². The van der Waals surface area contributed by atoms with E-state index in [1.165, 1.54) is 0 Å². The van der Waals surface area contributed by atoms with Crippen molar-refractivity contribution in [2.45, 2.75) is 26.5 Å². The van der Waals surface area contributed by atoms with E-state index in [9.17, 15) is 0 Å². The van der Waals surface area contributed by atoms with Crippen molar-refractivity contribution in [3.05, 3.63) is 46.8 Å². The standard InChI is InChI=1S/C14H16BrN3O/c1-10(2)19-14-11(4-3-6-17-14)8-18-13-5-7-16-9-12(13)15/h3-7,9-10H,8H2,1-2H3,(H,16,18). The summed E-state index contributed by atoms with van der Waals surface area (Å²) >= 11 is 3.46. The number of nitrogens with one attached hydrogen (secondary N) is 1. The second-order valence-corrected chi connectivity index (χ2v) is 5.20. The smallest absolute Gasteiger partial charge is 0.218 e. The molecular weight excluding hydrogens is 306 g/mol. The minimum absolute atomic E-state index is 0.112. The zero-order valence-corrected chi connectivity index (χ0v) is 12.5. The third kappa shape index (κ3) is 3.92. The molecule has 0 radical (unpaired) electrons. The highest BCUT2D eigenvalue weighted by Crippen LogP contribution is 2.22. The second kappa shape index (κ2) is 6.52. The predicted octanol–water partition coefficient (Wildman–Crippen LogP) is 3.64. The van der Waals surface area contributed by atoms with Gasteiger partial charge in [0.15, 0.2) is 0 Å². The number of anilines is 1. The summed E-state index contributed by atoms with van der Waals surface area (Å²) in [6.45, 7) is 4.63. The Morgan fingerprint density at radius 2 is 2.16 bits per heavy atom. The average molecular weight is 322 g/mol. The van der Waals surface area contributed by atoms with Crippen molar-refractivity contribution in [2.24, 2.45) is 0 Å². The Labute approximate surface area is 121 Å². The van der Waals surface area contributed by atoms with Crippen LogP contribution in [0.15, 0.2) is 41.3 Å². The number of pyridine rings is 2. The molecule has 0 atom stereocenters. The SMILES string of the molecule is CC(C)Oc1ncccc1CNc1ccncc1Br. The van der Waals surface area contributed by atoms with Crippen LogP contribution in [0.2, 0.25) is 0 Å². The molecular formula is C14H16BrN3O. The van der Waals surface area contributed by atoms with Gasteiger partial charge in [0, 0.05) is 30.7 Å². The Hall–Kier alpha value is -1.62. The lowest BCUT2D eigenvalue weighted by molar-refractivity contribution is 0.230. The van der Waals surface area contributed by atoms with Gasteiger partial charge in [0.25, 0.3) is 0 Å². The number of aromatic nitrogens is 2. The number of hydrogen-bond acceptors (Lipinski definition) is 4. The molecule has 0 unspecified atom stereocenters. The van der Waals surface area contributed by atoms with Crippen molar-refractivity contribution in [3.8, 4) is 5.88 Å². The zero-order valence-electron chi connectivity index (χ0n) is 10.9. The van der Waals surface area contributed by atoms with Gasteiger partial charge in [-0.1, -0.05) is 6.07 Å². The molecule has 0 bridgehead atoms. The monoisotopic (exact) mass is 321 g/mol. The first-order valence-corrected chi connectivity index (χ1v) is 6.90. The Kier molecular flexibility index (Phi) is 4.74. The fraction of sp³-hybridized carbons (Fsp3) is 0.286. The molecule has 0 aliphatic rings. The van der Waals surface area contributed by atoms with Crippen LogP contribution in [0.1, 0.15) is 19.4 Å². The molecule has 0 saturated heterocycles. The third-order valence-corrected chi connectivity index (χ3v) is 3.07. The highest BCUT2D eigenvalue weighted by atomic mass is 79.9. The van der Waals surface area contributed by atoms with E-state index in [1.54, 1.807) is 18.6 Å². The number of halogens is 1. The maximum atomic E-state index is 5.69. The normalized spacial score (nSPS) is 10.5. The maximum Gasteiger partial charge on any atom is 0.218 e. The van der Waals surface area contributed by atoms with Crippen molar-refractivity contribution >= 4 is 21.6 Å². The van der Waals surface area contributed by atoms with Gasteiger partial charge in [0.05, 0.1) is 16.3 Å². The predicted molar refractivity (Wildman–Crippen MR) is 79.3 cm³/mol. The van der Waals surface area contributed by atoms with Crippen LogP contribution < -0.4 is 10.1 Å². The quantitative estimate of drug-likeness (QED) is 0.913. The van der Waals surface area contributed by atoms with Gasteiger partial charge in [-0.25, -0.2) is 4.98 Å². The first-order chi connectivity index (χ1) is 9.16. The Balaban J connectivity index is 2.09. The number of rotatable bonds is 5. The summed E-state index contributed by atoms with van der Waals surface area (Å²) < 4.78 is 6.62. The maximum absolute atomic E-state index is 5.69. The summed E-state index contributed by atoms with van der Waals surface area (Å²) in [6, 6.07) is 5.84. The summed E-state index contributed by atoms with van der Waals surface area (Å²) in [4.78, 5) is 8.30. The molecule has 0 spiro atoms. The Morgan fingerprint density at radius 1 is 1.32 bits per heavy atom. The van der Waals surface area contributed by atoms with Gasteiger partial charge >= 0.3 is 0 Å². The molecule has 0 aromatic carbocycles. The van der Waals surface area contributed by atoms with Crippen molar-refractivity contribution in [1.29, 1.82) is 0 Å². The van der Waals surface area contributed by atoms with E-state index >= 15 is 0 Å². The summed E-state index contributed by atoms with van der Waals surface area (Å²) in [5.74, 6) is 0.676. The minimum Gasteiger partial charge on any atom is -0.475 e. The van der Waals surface area contributed by atoms with Crippen LogP contribution >= 0.6 is 15.9 Å².